The molecule has 0 fully saturated rings. The van der Waals surface area contributed by atoms with Crippen molar-refractivity contribution in [3.8, 4) is 0 Å². The summed E-state index contributed by atoms with van der Waals surface area (Å²) in [6.45, 7) is 2.18. The Morgan fingerprint density at radius 2 is 1.91 bits per heavy atom. The standard InChI is InChI=1S/C9H16ClO/c1-2-3-4-5-6-7-9(10)8-11/h9H,2-7H2,1H3. The van der Waals surface area contributed by atoms with E-state index in [-0.39, 0.29) is 5.38 Å². The predicted molar refractivity (Wildman–Crippen MR) is 48.7 cm³/mol. The highest BCUT2D eigenvalue weighted by Gasteiger charge is 2.01. The number of hydrogen-bond acceptors (Lipinski definition) is 1. The summed E-state index contributed by atoms with van der Waals surface area (Å²) < 4.78 is 0. The Morgan fingerprint density at radius 3 is 2.45 bits per heavy atom. The molecule has 1 atom stereocenters. The van der Waals surface area contributed by atoms with Crippen molar-refractivity contribution in [2.24, 2.45) is 0 Å². The Balaban J connectivity index is 2.95. The van der Waals surface area contributed by atoms with Crippen LogP contribution in [0.15, 0.2) is 0 Å². The van der Waals surface area contributed by atoms with Gasteiger partial charge in [-0.1, -0.05) is 39.0 Å². The van der Waals surface area contributed by atoms with Crippen LogP contribution >= 0.6 is 11.6 Å². The zero-order valence-electron chi connectivity index (χ0n) is 7.11. The molecular weight excluding hydrogens is 160 g/mol. The van der Waals surface area contributed by atoms with E-state index in [2.05, 4.69) is 6.92 Å². The van der Waals surface area contributed by atoms with E-state index in [9.17, 15) is 4.79 Å². The molecule has 0 saturated carbocycles. The molecule has 0 bridgehead atoms. The predicted octanol–water partition coefficient (Wildman–Crippen LogP) is 3.06. The van der Waals surface area contributed by atoms with E-state index in [4.69, 9.17) is 11.6 Å². The van der Waals surface area contributed by atoms with Crippen LogP contribution in [0.4, 0.5) is 0 Å². The molecule has 0 aromatic carbocycles. The normalized spacial score (nSPS) is 12.9. The van der Waals surface area contributed by atoms with Crippen molar-refractivity contribution in [3.63, 3.8) is 0 Å². The number of alkyl halides is 1. The summed E-state index contributed by atoms with van der Waals surface area (Å²) in [5.74, 6) is 0. The fourth-order valence-electron chi connectivity index (χ4n) is 0.986. The highest BCUT2D eigenvalue weighted by molar-refractivity contribution is 6.27. The van der Waals surface area contributed by atoms with Crippen LogP contribution < -0.4 is 0 Å². The van der Waals surface area contributed by atoms with Gasteiger partial charge in [-0.05, 0) is 6.42 Å². The molecular formula is C9H16ClO. The van der Waals surface area contributed by atoms with Gasteiger partial charge in [0.05, 0.1) is 5.38 Å². The summed E-state index contributed by atoms with van der Waals surface area (Å²) >= 11 is 5.55. The fourth-order valence-corrected chi connectivity index (χ4v) is 1.14. The molecule has 0 N–H and O–H groups in total. The summed E-state index contributed by atoms with van der Waals surface area (Å²) in [6, 6.07) is 0. The Labute approximate surface area is 74.1 Å². The average Bonchev–Trinajstić information content (AvgIpc) is 2.04. The van der Waals surface area contributed by atoms with Crippen LogP contribution in [0.5, 0.6) is 0 Å². The van der Waals surface area contributed by atoms with Gasteiger partial charge in [0, 0.05) is 0 Å². The number of unbranched alkanes of at least 4 members (excludes halogenated alkanes) is 4. The molecule has 65 valence electrons. The number of hydrogen-bond donors (Lipinski definition) is 0. The minimum absolute atomic E-state index is 0.378. The maximum absolute atomic E-state index is 9.97. The van der Waals surface area contributed by atoms with E-state index in [1.165, 1.54) is 25.7 Å². The molecule has 0 aliphatic rings. The summed E-state index contributed by atoms with van der Waals surface area (Å²) in [4.78, 5) is 9.97. The van der Waals surface area contributed by atoms with Crippen LogP contribution in [-0.4, -0.2) is 11.7 Å². The first-order chi connectivity index (χ1) is 5.31. The van der Waals surface area contributed by atoms with E-state index >= 15 is 0 Å². The minimum atomic E-state index is -0.378. The number of halogens is 1. The molecule has 1 radical (unpaired) electrons. The maximum atomic E-state index is 9.97. The maximum Gasteiger partial charge on any atom is 0.217 e. The molecule has 0 aromatic heterocycles. The van der Waals surface area contributed by atoms with E-state index < -0.39 is 0 Å². The first-order valence-corrected chi connectivity index (χ1v) is 4.76. The molecule has 0 spiro atoms. The van der Waals surface area contributed by atoms with Gasteiger partial charge in [0.25, 0.3) is 0 Å². The monoisotopic (exact) mass is 175 g/mol. The summed E-state index contributed by atoms with van der Waals surface area (Å²) in [7, 11) is 0. The quantitative estimate of drug-likeness (QED) is 0.430. The third-order valence-electron chi connectivity index (χ3n) is 1.69. The fraction of sp³-hybridized carbons (Fsp3) is 0.889. The molecule has 0 rings (SSSR count). The molecule has 0 aliphatic carbocycles. The van der Waals surface area contributed by atoms with Crippen molar-refractivity contribution in [2.75, 3.05) is 0 Å². The highest BCUT2D eigenvalue weighted by Crippen LogP contribution is 2.09. The van der Waals surface area contributed by atoms with E-state index in [1.54, 1.807) is 6.29 Å². The van der Waals surface area contributed by atoms with Gasteiger partial charge in [-0.2, -0.15) is 0 Å². The molecule has 0 aromatic rings. The second-order valence-corrected chi connectivity index (χ2v) is 3.32. The lowest BCUT2D eigenvalue weighted by atomic mass is 10.1. The van der Waals surface area contributed by atoms with E-state index in [1.807, 2.05) is 0 Å². The topological polar surface area (TPSA) is 17.1 Å². The average molecular weight is 176 g/mol. The van der Waals surface area contributed by atoms with Gasteiger partial charge in [0.15, 0.2) is 0 Å². The number of carbonyl (C=O) groups excluding carboxylic acids is 1. The van der Waals surface area contributed by atoms with Crippen molar-refractivity contribution >= 4 is 17.9 Å². The van der Waals surface area contributed by atoms with Crippen LogP contribution in [0.25, 0.3) is 0 Å². The first-order valence-electron chi connectivity index (χ1n) is 4.33. The smallest absolute Gasteiger partial charge is 0.217 e. The Morgan fingerprint density at radius 1 is 1.27 bits per heavy atom. The lowest BCUT2D eigenvalue weighted by molar-refractivity contribution is 0.543. The minimum Gasteiger partial charge on any atom is -0.289 e. The largest absolute Gasteiger partial charge is 0.289 e. The molecule has 0 amide bonds. The molecule has 0 saturated heterocycles. The van der Waals surface area contributed by atoms with Crippen molar-refractivity contribution in [1.29, 1.82) is 0 Å². The zero-order valence-corrected chi connectivity index (χ0v) is 7.86. The third-order valence-corrected chi connectivity index (χ3v) is 2.00. The summed E-state index contributed by atoms with van der Waals surface area (Å²) in [6.07, 6.45) is 8.62. The molecule has 0 heterocycles. The second kappa shape index (κ2) is 8.06. The third kappa shape index (κ3) is 7.86. The van der Waals surface area contributed by atoms with Crippen LogP contribution in [-0.2, 0) is 4.79 Å². The molecule has 1 nitrogen and oxygen atoms in total. The summed E-state index contributed by atoms with van der Waals surface area (Å²) in [5, 5.41) is -0.378. The van der Waals surface area contributed by atoms with Crippen LogP contribution in [0.2, 0.25) is 0 Å². The van der Waals surface area contributed by atoms with Crippen molar-refractivity contribution < 1.29 is 4.79 Å². The van der Waals surface area contributed by atoms with Crippen LogP contribution in [0, 0.1) is 0 Å². The van der Waals surface area contributed by atoms with Gasteiger partial charge in [0.2, 0.25) is 6.29 Å². The van der Waals surface area contributed by atoms with Crippen molar-refractivity contribution in [2.45, 2.75) is 50.8 Å². The van der Waals surface area contributed by atoms with Gasteiger partial charge >= 0.3 is 0 Å². The Kier molecular flexibility index (Phi) is 8.03. The first kappa shape index (κ1) is 11.0. The summed E-state index contributed by atoms with van der Waals surface area (Å²) in [5.41, 5.74) is 0. The van der Waals surface area contributed by atoms with Crippen LogP contribution in [0.3, 0.4) is 0 Å². The van der Waals surface area contributed by atoms with Gasteiger partial charge in [0.1, 0.15) is 0 Å². The van der Waals surface area contributed by atoms with E-state index in [0.29, 0.717) is 0 Å². The van der Waals surface area contributed by atoms with Gasteiger partial charge in [-0.25, -0.2) is 0 Å². The Bertz CT molecular complexity index is 93.6. The van der Waals surface area contributed by atoms with Crippen molar-refractivity contribution in [1.82, 2.24) is 0 Å². The number of rotatable bonds is 7. The molecule has 11 heavy (non-hydrogen) atoms. The molecule has 0 aliphatic heterocycles. The van der Waals surface area contributed by atoms with Gasteiger partial charge in [-0.15, -0.1) is 11.6 Å². The van der Waals surface area contributed by atoms with E-state index in [0.717, 1.165) is 12.8 Å². The van der Waals surface area contributed by atoms with Gasteiger partial charge < -0.3 is 0 Å². The second-order valence-electron chi connectivity index (χ2n) is 2.79. The molecule has 2 heteroatoms. The van der Waals surface area contributed by atoms with Gasteiger partial charge in [-0.3, -0.25) is 4.79 Å². The lowest BCUT2D eigenvalue weighted by Crippen LogP contribution is -1.98. The van der Waals surface area contributed by atoms with Crippen molar-refractivity contribution in [3.05, 3.63) is 0 Å². The highest BCUT2D eigenvalue weighted by atomic mass is 35.5. The lowest BCUT2D eigenvalue weighted by Gasteiger charge is -1.99. The Hall–Kier alpha value is -0.0400. The molecule has 1 unspecified atom stereocenters. The van der Waals surface area contributed by atoms with Crippen LogP contribution in [0.1, 0.15) is 45.4 Å². The SMILES string of the molecule is CCCCCCCC(Cl)[C]=O. The zero-order chi connectivity index (χ0) is 8.53.